The molecule has 1 aromatic rings. The number of rotatable bonds is 5. The van der Waals surface area contributed by atoms with E-state index < -0.39 is 15.5 Å². The minimum absolute atomic E-state index is 0.139. The maximum Gasteiger partial charge on any atom is 0.182 e. The van der Waals surface area contributed by atoms with Gasteiger partial charge < -0.3 is 4.74 Å². The first kappa shape index (κ1) is 15.9. The molecule has 0 spiro atoms. The molecule has 2 aliphatic rings. The Morgan fingerprint density at radius 1 is 1.23 bits per heavy atom. The molecule has 0 aliphatic carbocycles. The molecule has 0 bridgehead atoms. The summed E-state index contributed by atoms with van der Waals surface area (Å²) in [4.78, 5) is 2.22. The Hall–Kier alpha value is -0.980. The van der Waals surface area contributed by atoms with Gasteiger partial charge in [0, 0.05) is 31.3 Å². The molecule has 0 atom stereocenters. The van der Waals surface area contributed by atoms with E-state index in [0.717, 1.165) is 25.2 Å². The fourth-order valence-corrected chi connectivity index (χ4v) is 4.93. The number of likely N-dealkylation sites (tertiary alicyclic amines) is 1. The van der Waals surface area contributed by atoms with E-state index >= 15 is 0 Å². The van der Waals surface area contributed by atoms with Crippen LogP contribution >= 0.6 is 0 Å². The number of nitrogens with zero attached hydrogens (tertiary/aromatic N) is 1. The maximum absolute atomic E-state index is 14.2. The summed E-state index contributed by atoms with van der Waals surface area (Å²) in [5.74, 6) is 0.236. The number of halogens is 1. The van der Waals surface area contributed by atoms with Crippen molar-refractivity contribution < 1.29 is 17.5 Å². The predicted octanol–water partition coefficient (Wildman–Crippen LogP) is 1.75. The van der Waals surface area contributed by atoms with Crippen LogP contribution in [-0.4, -0.2) is 51.6 Å². The Morgan fingerprint density at radius 2 is 1.82 bits per heavy atom. The van der Waals surface area contributed by atoms with Crippen molar-refractivity contribution in [3.05, 3.63) is 35.4 Å². The summed E-state index contributed by atoms with van der Waals surface area (Å²) in [6.07, 6.45) is 1.29. The first-order valence-electron chi connectivity index (χ1n) is 7.44. The lowest BCUT2D eigenvalue weighted by molar-refractivity contribution is -0.135. The van der Waals surface area contributed by atoms with Gasteiger partial charge in [0.05, 0.1) is 19.0 Å². The summed E-state index contributed by atoms with van der Waals surface area (Å²) in [7, 11) is -2.94. The van der Waals surface area contributed by atoms with E-state index in [9.17, 15) is 12.8 Å². The van der Waals surface area contributed by atoms with Gasteiger partial charge >= 0.3 is 0 Å². The topological polar surface area (TPSA) is 46.6 Å². The second kappa shape index (κ2) is 5.28. The zero-order chi connectivity index (χ0) is 16.0. The van der Waals surface area contributed by atoms with Gasteiger partial charge in [0.15, 0.2) is 5.67 Å². The summed E-state index contributed by atoms with van der Waals surface area (Å²) in [6.45, 7) is 4.63. The van der Waals surface area contributed by atoms with Crippen molar-refractivity contribution >= 4 is 9.84 Å². The average Bonchev–Trinajstić information content (AvgIpc) is 2.33. The second-order valence-electron chi connectivity index (χ2n) is 7.18. The van der Waals surface area contributed by atoms with Crippen LogP contribution in [0.25, 0.3) is 0 Å². The Labute approximate surface area is 131 Å². The molecule has 0 unspecified atom stereocenters. The summed E-state index contributed by atoms with van der Waals surface area (Å²) in [5.41, 5.74) is 0.338. The average molecular weight is 327 g/mol. The first-order chi connectivity index (χ1) is 10.2. The van der Waals surface area contributed by atoms with Crippen molar-refractivity contribution in [2.75, 3.05) is 38.3 Å². The van der Waals surface area contributed by atoms with Gasteiger partial charge in [0.25, 0.3) is 0 Å². The molecule has 2 saturated heterocycles. The summed E-state index contributed by atoms with van der Waals surface area (Å²) < 4.78 is 41.9. The van der Waals surface area contributed by atoms with Crippen LogP contribution in [-0.2, 0) is 26.8 Å². The Balaban J connectivity index is 1.55. The molecule has 6 heteroatoms. The predicted molar refractivity (Wildman–Crippen MR) is 83.1 cm³/mol. The molecule has 1 aromatic carbocycles. The Kier molecular flexibility index (Phi) is 3.82. The summed E-state index contributed by atoms with van der Waals surface area (Å²) >= 11 is 0. The van der Waals surface area contributed by atoms with E-state index in [-0.39, 0.29) is 24.4 Å². The fourth-order valence-electron chi connectivity index (χ4n) is 3.48. The van der Waals surface area contributed by atoms with Crippen molar-refractivity contribution in [2.45, 2.75) is 19.1 Å². The van der Waals surface area contributed by atoms with E-state index in [4.69, 9.17) is 4.74 Å². The van der Waals surface area contributed by atoms with Crippen LogP contribution in [0.5, 0.6) is 0 Å². The highest BCUT2D eigenvalue weighted by molar-refractivity contribution is 7.90. The summed E-state index contributed by atoms with van der Waals surface area (Å²) in [5, 5.41) is 0. The maximum atomic E-state index is 14.2. The molecular weight excluding hydrogens is 305 g/mol. The third-order valence-corrected chi connectivity index (χ3v) is 5.58. The highest BCUT2D eigenvalue weighted by Gasteiger charge is 2.42. The number of alkyl halides is 1. The molecule has 2 fully saturated rings. The molecule has 0 saturated carbocycles. The van der Waals surface area contributed by atoms with Gasteiger partial charge in [-0.05, 0) is 11.1 Å². The van der Waals surface area contributed by atoms with Crippen molar-refractivity contribution in [3.63, 3.8) is 0 Å². The lowest BCUT2D eigenvalue weighted by Crippen LogP contribution is -2.56. The molecule has 4 nitrogen and oxygen atoms in total. The van der Waals surface area contributed by atoms with Gasteiger partial charge in [0.1, 0.15) is 9.84 Å². The van der Waals surface area contributed by atoms with Gasteiger partial charge in [-0.1, -0.05) is 31.2 Å². The van der Waals surface area contributed by atoms with Crippen molar-refractivity contribution in [1.82, 2.24) is 4.90 Å². The smallest absolute Gasteiger partial charge is 0.182 e. The van der Waals surface area contributed by atoms with Crippen molar-refractivity contribution in [2.24, 2.45) is 5.41 Å². The van der Waals surface area contributed by atoms with Crippen molar-refractivity contribution in [3.8, 4) is 0 Å². The monoisotopic (exact) mass is 327 g/mol. The summed E-state index contributed by atoms with van der Waals surface area (Å²) in [6, 6.07) is 7.54. The van der Waals surface area contributed by atoms with Gasteiger partial charge in [0.2, 0.25) is 0 Å². The molecule has 22 heavy (non-hydrogen) atoms. The largest absolute Gasteiger partial charge is 0.374 e. The number of ether oxygens (including phenoxy) is 1. The highest BCUT2D eigenvalue weighted by Crippen LogP contribution is 2.35. The van der Waals surface area contributed by atoms with Crippen LogP contribution in [0.4, 0.5) is 4.39 Å². The van der Waals surface area contributed by atoms with E-state index in [0.29, 0.717) is 5.56 Å². The highest BCUT2D eigenvalue weighted by atomic mass is 32.2. The van der Waals surface area contributed by atoms with Crippen LogP contribution in [0, 0.1) is 5.41 Å². The molecule has 2 heterocycles. The number of hydrogen-bond acceptors (Lipinski definition) is 4. The number of hydrogen-bond donors (Lipinski definition) is 0. The number of sulfone groups is 1. The Morgan fingerprint density at radius 3 is 2.27 bits per heavy atom. The van der Waals surface area contributed by atoms with Gasteiger partial charge in [-0.25, -0.2) is 12.8 Å². The third-order valence-electron chi connectivity index (χ3n) is 4.36. The minimum Gasteiger partial charge on any atom is -0.374 e. The quantitative estimate of drug-likeness (QED) is 0.827. The minimum atomic E-state index is -2.94. The normalized spacial score (nSPS) is 23.6. The fraction of sp³-hybridized carbons (Fsp3) is 0.625. The van der Waals surface area contributed by atoms with E-state index in [2.05, 4.69) is 4.90 Å². The van der Waals surface area contributed by atoms with Crippen molar-refractivity contribution in [1.29, 1.82) is 0 Å². The zero-order valence-electron chi connectivity index (χ0n) is 13.0. The van der Waals surface area contributed by atoms with Gasteiger partial charge in [-0.15, -0.1) is 0 Å². The first-order valence-corrected chi connectivity index (χ1v) is 9.50. The van der Waals surface area contributed by atoms with Crippen LogP contribution in [0.1, 0.15) is 18.1 Å². The molecule has 0 aromatic heterocycles. The molecular formula is C16H22FNO3S. The lowest BCUT2D eigenvalue weighted by Gasteiger charge is -2.47. The van der Waals surface area contributed by atoms with E-state index in [1.165, 1.54) is 6.26 Å². The van der Waals surface area contributed by atoms with Crippen LogP contribution in [0.3, 0.4) is 0 Å². The van der Waals surface area contributed by atoms with Crippen LogP contribution in [0.2, 0.25) is 0 Å². The molecule has 2 aliphatic heterocycles. The van der Waals surface area contributed by atoms with E-state index in [1.807, 2.05) is 31.2 Å². The van der Waals surface area contributed by atoms with Gasteiger partial charge in [-0.2, -0.15) is 0 Å². The van der Waals surface area contributed by atoms with E-state index in [1.54, 1.807) is 0 Å². The number of benzene rings is 1. The van der Waals surface area contributed by atoms with Crippen LogP contribution in [0.15, 0.2) is 24.3 Å². The molecule has 3 rings (SSSR count). The van der Waals surface area contributed by atoms with Crippen LogP contribution < -0.4 is 0 Å². The third kappa shape index (κ3) is 3.34. The SMILES string of the molecule is CC1(CS(C)(=O)=O)CN(Cc2ccc(C3(F)COC3)cc2)C1. The Bertz CT molecular complexity index is 646. The second-order valence-corrected chi connectivity index (χ2v) is 9.32. The standard InChI is InChI=1S/C16H22FNO3S/c1-15(12-22(2,19)20)8-18(9-15)7-13-3-5-14(6-4-13)16(17)10-21-11-16/h3-6H,7-12H2,1-2H3. The lowest BCUT2D eigenvalue weighted by atomic mass is 9.83. The molecule has 0 N–H and O–H groups in total. The van der Waals surface area contributed by atoms with Gasteiger partial charge in [-0.3, -0.25) is 4.90 Å². The molecule has 0 radical (unpaired) electrons. The zero-order valence-corrected chi connectivity index (χ0v) is 13.8. The molecule has 122 valence electrons. The molecule has 0 amide bonds.